The maximum Gasteiger partial charge on any atom is 0.368 e. The Morgan fingerprint density at radius 2 is 2.00 bits per heavy atom. The van der Waals surface area contributed by atoms with E-state index in [4.69, 9.17) is 11.6 Å². The molecule has 0 aliphatic rings. The number of para-hydroxylation sites is 1. The predicted octanol–water partition coefficient (Wildman–Crippen LogP) is 4.17. The summed E-state index contributed by atoms with van der Waals surface area (Å²) in [6.07, 6.45) is 0. The second-order valence-electron chi connectivity index (χ2n) is 4.63. The molecule has 4 nitrogen and oxygen atoms in total. The number of hydrogen-bond donors (Lipinski definition) is 1. The molecular weight excluding hydrogens is 314 g/mol. The molecule has 0 aliphatic heterocycles. The van der Waals surface area contributed by atoms with Gasteiger partial charge in [-0.15, -0.1) is 0 Å². The van der Waals surface area contributed by atoms with Crippen molar-refractivity contribution < 1.29 is 13.3 Å². The zero-order valence-electron chi connectivity index (χ0n) is 11.3. The molecule has 1 N–H and O–H groups in total. The van der Waals surface area contributed by atoms with Crippen LogP contribution in [0.15, 0.2) is 39.6 Å². The Balaban J connectivity index is 2.33. The Morgan fingerprint density at radius 1 is 1.27 bits per heavy atom. The smallest absolute Gasteiger partial charge is 0.351 e. The van der Waals surface area contributed by atoms with Crippen LogP contribution in [0.3, 0.4) is 0 Å². The summed E-state index contributed by atoms with van der Waals surface area (Å²) in [6.45, 7) is 1.53. The Bertz CT molecular complexity index is 941. The summed E-state index contributed by atoms with van der Waals surface area (Å²) < 4.78 is 32.6. The Morgan fingerprint density at radius 3 is 2.73 bits per heavy atom. The van der Waals surface area contributed by atoms with Gasteiger partial charge in [0.15, 0.2) is 11.6 Å². The average molecular weight is 323 g/mol. The monoisotopic (exact) mass is 322 g/mol. The lowest BCUT2D eigenvalue weighted by atomic mass is 10.1. The van der Waals surface area contributed by atoms with Gasteiger partial charge in [-0.2, -0.15) is 0 Å². The highest BCUT2D eigenvalue weighted by molar-refractivity contribution is 6.33. The summed E-state index contributed by atoms with van der Waals surface area (Å²) in [7, 11) is 0. The SMILES string of the molecule is Cc1noc(=O)c2c(Nc3ccccc3Cl)c(F)c(F)cc12. The molecule has 0 fully saturated rings. The van der Waals surface area contributed by atoms with Crippen LogP contribution in [-0.4, -0.2) is 5.16 Å². The van der Waals surface area contributed by atoms with Gasteiger partial charge in [-0.1, -0.05) is 28.9 Å². The van der Waals surface area contributed by atoms with Crippen LogP contribution in [0.25, 0.3) is 10.8 Å². The largest absolute Gasteiger partial charge is 0.368 e. The number of fused-ring (bicyclic) bond motifs is 1. The summed E-state index contributed by atoms with van der Waals surface area (Å²) >= 11 is 6.00. The molecule has 22 heavy (non-hydrogen) atoms. The van der Waals surface area contributed by atoms with Crippen molar-refractivity contribution in [1.29, 1.82) is 0 Å². The van der Waals surface area contributed by atoms with E-state index < -0.39 is 17.3 Å². The normalized spacial score (nSPS) is 10.9. The number of hydrogen-bond acceptors (Lipinski definition) is 4. The van der Waals surface area contributed by atoms with Crippen molar-refractivity contribution in [2.24, 2.45) is 0 Å². The van der Waals surface area contributed by atoms with Gasteiger partial charge in [-0.25, -0.2) is 13.6 Å². The van der Waals surface area contributed by atoms with Gasteiger partial charge < -0.3 is 9.84 Å². The van der Waals surface area contributed by atoms with E-state index in [1.165, 1.54) is 6.92 Å². The number of nitrogens with one attached hydrogen (secondary N) is 1. The van der Waals surface area contributed by atoms with Crippen molar-refractivity contribution in [3.8, 4) is 0 Å². The summed E-state index contributed by atoms with van der Waals surface area (Å²) in [6, 6.07) is 7.44. The van der Waals surface area contributed by atoms with Crippen molar-refractivity contribution >= 4 is 33.7 Å². The van der Waals surface area contributed by atoms with Crippen LogP contribution in [0.2, 0.25) is 5.02 Å². The molecule has 3 aromatic rings. The number of nitrogens with zero attached hydrogens (tertiary/aromatic N) is 1. The van der Waals surface area contributed by atoms with E-state index in [1.54, 1.807) is 24.3 Å². The fourth-order valence-electron chi connectivity index (χ4n) is 2.14. The zero-order chi connectivity index (χ0) is 15.9. The second kappa shape index (κ2) is 5.38. The number of aryl methyl sites for hydroxylation is 1. The molecule has 0 spiro atoms. The minimum absolute atomic E-state index is 0.119. The number of aromatic nitrogens is 1. The molecule has 0 saturated heterocycles. The molecule has 1 heterocycles. The third-order valence-corrected chi connectivity index (χ3v) is 3.54. The number of anilines is 2. The first-order chi connectivity index (χ1) is 10.5. The molecule has 0 atom stereocenters. The molecule has 112 valence electrons. The molecule has 0 saturated carbocycles. The maximum atomic E-state index is 14.2. The van der Waals surface area contributed by atoms with Crippen LogP contribution in [0.4, 0.5) is 20.2 Å². The Kier molecular flexibility index (Phi) is 3.54. The summed E-state index contributed by atoms with van der Waals surface area (Å²) in [5.41, 5.74) is -0.587. The molecule has 0 unspecified atom stereocenters. The first-order valence-corrected chi connectivity index (χ1v) is 6.66. The van der Waals surface area contributed by atoms with E-state index in [2.05, 4.69) is 15.0 Å². The lowest BCUT2D eigenvalue weighted by Gasteiger charge is -2.12. The lowest BCUT2D eigenvalue weighted by Crippen LogP contribution is -2.09. The van der Waals surface area contributed by atoms with E-state index >= 15 is 0 Å². The molecule has 1 aromatic heterocycles. The van der Waals surface area contributed by atoms with Crippen LogP contribution < -0.4 is 10.9 Å². The fourth-order valence-corrected chi connectivity index (χ4v) is 2.33. The first kappa shape index (κ1) is 14.5. The van der Waals surface area contributed by atoms with E-state index in [0.29, 0.717) is 10.7 Å². The van der Waals surface area contributed by atoms with Crippen LogP contribution in [0.1, 0.15) is 5.69 Å². The van der Waals surface area contributed by atoms with Gasteiger partial charge in [0.1, 0.15) is 0 Å². The van der Waals surface area contributed by atoms with E-state index in [-0.39, 0.29) is 22.2 Å². The third-order valence-electron chi connectivity index (χ3n) is 3.21. The Hall–Kier alpha value is -2.47. The van der Waals surface area contributed by atoms with Crippen LogP contribution in [0, 0.1) is 18.6 Å². The van der Waals surface area contributed by atoms with Gasteiger partial charge in [0.05, 0.1) is 27.5 Å². The highest BCUT2D eigenvalue weighted by Gasteiger charge is 2.19. The quantitative estimate of drug-likeness (QED) is 0.769. The summed E-state index contributed by atoms with van der Waals surface area (Å²) in [5.74, 6) is -2.29. The molecule has 3 rings (SSSR count). The minimum Gasteiger partial charge on any atom is -0.351 e. The van der Waals surface area contributed by atoms with Crippen molar-refractivity contribution in [3.63, 3.8) is 0 Å². The van der Waals surface area contributed by atoms with Crippen molar-refractivity contribution in [2.75, 3.05) is 5.32 Å². The third kappa shape index (κ3) is 2.31. The maximum absolute atomic E-state index is 14.2. The van der Waals surface area contributed by atoms with Gasteiger partial charge in [0.25, 0.3) is 0 Å². The van der Waals surface area contributed by atoms with Crippen molar-refractivity contribution in [2.45, 2.75) is 6.92 Å². The van der Waals surface area contributed by atoms with E-state index in [1.807, 2.05) is 0 Å². The number of halogens is 3. The van der Waals surface area contributed by atoms with Gasteiger partial charge >= 0.3 is 5.63 Å². The summed E-state index contributed by atoms with van der Waals surface area (Å²) in [4.78, 5) is 11.9. The average Bonchev–Trinajstić information content (AvgIpc) is 2.49. The molecule has 0 amide bonds. The summed E-state index contributed by atoms with van der Waals surface area (Å²) in [5, 5.41) is 6.52. The van der Waals surface area contributed by atoms with Crippen LogP contribution >= 0.6 is 11.6 Å². The molecule has 7 heteroatoms. The van der Waals surface area contributed by atoms with Crippen molar-refractivity contribution in [3.05, 3.63) is 63.1 Å². The molecular formula is C15H9ClF2N2O2. The predicted molar refractivity (Wildman–Crippen MR) is 79.7 cm³/mol. The van der Waals surface area contributed by atoms with Crippen LogP contribution in [-0.2, 0) is 0 Å². The van der Waals surface area contributed by atoms with Gasteiger partial charge in [0.2, 0.25) is 0 Å². The molecule has 0 bridgehead atoms. The minimum atomic E-state index is -1.19. The standard InChI is InChI=1S/C15H9ClF2N2O2/c1-7-8-6-10(17)13(18)14(12(8)15(21)22-20-7)19-11-5-3-2-4-9(11)16/h2-6,19H,1H3. The topological polar surface area (TPSA) is 55.1 Å². The van der Waals surface area contributed by atoms with Gasteiger partial charge in [-0.05, 0) is 25.1 Å². The van der Waals surface area contributed by atoms with Crippen LogP contribution in [0.5, 0.6) is 0 Å². The van der Waals surface area contributed by atoms with Gasteiger partial charge in [-0.3, -0.25) is 0 Å². The molecule has 0 radical (unpaired) electrons. The van der Waals surface area contributed by atoms with E-state index in [9.17, 15) is 13.6 Å². The number of rotatable bonds is 2. The highest BCUT2D eigenvalue weighted by atomic mass is 35.5. The van der Waals surface area contributed by atoms with Crippen molar-refractivity contribution in [1.82, 2.24) is 5.16 Å². The number of benzene rings is 2. The fraction of sp³-hybridized carbons (Fsp3) is 0.0667. The van der Waals surface area contributed by atoms with E-state index in [0.717, 1.165) is 6.07 Å². The highest BCUT2D eigenvalue weighted by Crippen LogP contribution is 2.32. The molecule has 0 aliphatic carbocycles. The first-order valence-electron chi connectivity index (χ1n) is 6.29. The lowest BCUT2D eigenvalue weighted by molar-refractivity contribution is 0.370. The molecule has 2 aromatic carbocycles. The Labute approximate surface area is 128 Å². The second-order valence-corrected chi connectivity index (χ2v) is 5.04. The zero-order valence-corrected chi connectivity index (χ0v) is 12.0. The van der Waals surface area contributed by atoms with Gasteiger partial charge in [0, 0.05) is 5.39 Å².